The van der Waals surface area contributed by atoms with Gasteiger partial charge in [0.15, 0.2) is 0 Å². The standard InChI is InChI=1S/C9H14N2O2.ClH/c1-11-5-3-4-8(11)7(10)6-9(12)13-2;/h3-5,7H,6,10H2,1-2H3;1H/t7-;/m1./s1. The molecule has 5 heteroatoms. The molecule has 0 saturated carbocycles. The van der Waals surface area contributed by atoms with Gasteiger partial charge in [-0.15, -0.1) is 12.4 Å². The van der Waals surface area contributed by atoms with Crippen LogP contribution in [-0.4, -0.2) is 17.6 Å². The molecular weight excluding hydrogens is 204 g/mol. The third-order valence-electron chi connectivity index (χ3n) is 1.98. The van der Waals surface area contributed by atoms with E-state index in [1.165, 1.54) is 7.11 Å². The molecule has 0 unspecified atom stereocenters. The smallest absolute Gasteiger partial charge is 0.307 e. The van der Waals surface area contributed by atoms with Crippen LogP contribution in [0.1, 0.15) is 18.2 Å². The Bertz CT molecular complexity index is 299. The summed E-state index contributed by atoms with van der Waals surface area (Å²) in [5.41, 5.74) is 6.73. The predicted octanol–water partition coefficient (Wildman–Crippen LogP) is 1.01. The van der Waals surface area contributed by atoms with Crippen LogP contribution in [0.3, 0.4) is 0 Å². The van der Waals surface area contributed by atoms with E-state index in [0.717, 1.165) is 5.69 Å². The number of esters is 1. The fraction of sp³-hybridized carbons (Fsp3) is 0.444. The van der Waals surface area contributed by atoms with Gasteiger partial charge >= 0.3 is 5.97 Å². The molecule has 1 rings (SSSR count). The van der Waals surface area contributed by atoms with Gasteiger partial charge in [-0.3, -0.25) is 4.79 Å². The third kappa shape index (κ3) is 3.05. The van der Waals surface area contributed by atoms with Gasteiger partial charge in [0.1, 0.15) is 0 Å². The lowest BCUT2D eigenvalue weighted by atomic mass is 10.1. The van der Waals surface area contributed by atoms with Gasteiger partial charge in [-0.2, -0.15) is 0 Å². The van der Waals surface area contributed by atoms with E-state index in [4.69, 9.17) is 5.73 Å². The van der Waals surface area contributed by atoms with Gasteiger partial charge in [0.05, 0.1) is 19.6 Å². The highest BCUT2D eigenvalue weighted by atomic mass is 35.5. The van der Waals surface area contributed by atoms with E-state index in [-0.39, 0.29) is 30.8 Å². The second-order valence-corrected chi connectivity index (χ2v) is 2.93. The fourth-order valence-electron chi connectivity index (χ4n) is 1.23. The zero-order chi connectivity index (χ0) is 9.84. The van der Waals surface area contributed by atoms with E-state index >= 15 is 0 Å². The molecule has 80 valence electrons. The highest BCUT2D eigenvalue weighted by Crippen LogP contribution is 2.13. The number of aromatic nitrogens is 1. The van der Waals surface area contributed by atoms with Gasteiger partial charge in [-0.1, -0.05) is 0 Å². The summed E-state index contributed by atoms with van der Waals surface area (Å²) >= 11 is 0. The maximum Gasteiger partial charge on any atom is 0.307 e. The Kier molecular flexibility index (Phi) is 5.27. The van der Waals surface area contributed by atoms with E-state index in [1.807, 2.05) is 29.9 Å². The average molecular weight is 219 g/mol. The van der Waals surface area contributed by atoms with Crippen molar-refractivity contribution >= 4 is 18.4 Å². The Morgan fingerprint density at radius 1 is 1.71 bits per heavy atom. The van der Waals surface area contributed by atoms with Gasteiger partial charge in [0.2, 0.25) is 0 Å². The first-order chi connectivity index (χ1) is 6.15. The lowest BCUT2D eigenvalue weighted by Crippen LogP contribution is -2.18. The Labute approximate surface area is 89.4 Å². The molecule has 14 heavy (non-hydrogen) atoms. The van der Waals surface area contributed by atoms with Gasteiger partial charge in [0.25, 0.3) is 0 Å². The van der Waals surface area contributed by atoms with Crippen molar-refractivity contribution in [2.24, 2.45) is 12.8 Å². The number of carbonyl (C=O) groups excluding carboxylic acids is 1. The number of halogens is 1. The van der Waals surface area contributed by atoms with Crippen LogP contribution < -0.4 is 5.73 Å². The van der Waals surface area contributed by atoms with Crippen molar-refractivity contribution in [3.05, 3.63) is 24.0 Å². The van der Waals surface area contributed by atoms with Crippen LogP contribution in [0.4, 0.5) is 0 Å². The van der Waals surface area contributed by atoms with Crippen molar-refractivity contribution < 1.29 is 9.53 Å². The van der Waals surface area contributed by atoms with Gasteiger partial charge in [0, 0.05) is 18.9 Å². The van der Waals surface area contributed by atoms with Crippen molar-refractivity contribution in [1.82, 2.24) is 4.57 Å². The minimum absolute atomic E-state index is 0. The molecule has 0 saturated heterocycles. The molecule has 0 aliphatic carbocycles. The van der Waals surface area contributed by atoms with E-state index in [2.05, 4.69) is 4.74 Å². The summed E-state index contributed by atoms with van der Waals surface area (Å²) in [6.45, 7) is 0. The Morgan fingerprint density at radius 2 is 2.36 bits per heavy atom. The normalized spacial score (nSPS) is 11.6. The van der Waals surface area contributed by atoms with Gasteiger partial charge in [-0.25, -0.2) is 0 Å². The molecule has 0 amide bonds. The molecule has 1 aromatic heterocycles. The maximum absolute atomic E-state index is 10.9. The molecule has 0 radical (unpaired) electrons. The molecule has 0 aliphatic rings. The van der Waals surface area contributed by atoms with Gasteiger partial charge < -0.3 is 15.0 Å². The van der Waals surface area contributed by atoms with E-state index < -0.39 is 0 Å². The summed E-state index contributed by atoms with van der Waals surface area (Å²) in [6, 6.07) is 3.51. The zero-order valence-corrected chi connectivity index (χ0v) is 9.08. The average Bonchev–Trinajstić information content (AvgIpc) is 2.51. The number of nitrogens with zero attached hydrogens (tertiary/aromatic N) is 1. The molecule has 0 bridgehead atoms. The van der Waals surface area contributed by atoms with Crippen LogP contribution in [0.2, 0.25) is 0 Å². The Morgan fingerprint density at radius 3 is 2.79 bits per heavy atom. The highest BCUT2D eigenvalue weighted by Gasteiger charge is 2.13. The van der Waals surface area contributed by atoms with Crippen molar-refractivity contribution in [3.63, 3.8) is 0 Å². The second kappa shape index (κ2) is 5.67. The second-order valence-electron chi connectivity index (χ2n) is 2.93. The van der Waals surface area contributed by atoms with Crippen LogP contribution in [0.5, 0.6) is 0 Å². The van der Waals surface area contributed by atoms with E-state index in [9.17, 15) is 4.79 Å². The highest BCUT2D eigenvalue weighted by molar-refractivity contribution is 5.85. The van der Waals surface area contributed by atoms with Gasteiger partial charge in [-0.05, 0) is 12.1 Å². The van der Waals surface area contributed by atoms with Crippen LogP contribution in [0.25, 0.3) is 0 Å². The zero-order valence-electron chi connectivity index (χ0n) is 8.27. The number of methoxy groups -OCH3 is 1. The molecule has 1 heterocycles. The SMILES string of the molecule is COC(=O)C[C@@H](N)c1cccn1C.Cl. The van der Waals surface area contributed by atoms with Crippen molar-refractivity contribution in [2.75, 3.05) is 7.11 Å². The molecule has 0 aromatic carbocycles. The number of ether oxygens (including phenoxy) is 1. The number of nitrogens with two attached hydrogens (primary N) is 1. The first-order valence-electron chi connectivity index (χ1n) is 4.08. The minimum atomic E-state index is -0.285. The molecule has 1 aromatic rings. The lowest BCUT2D eigenvalue weighted by Gasteiger charge is -2.11. The molecular formula is C9H15ClN2O2. The summed E-state index contributed by atoms with van der Waals surface area (Å²) < 4.78 is 6.43. The van der Waals surface area contributed by atoms with Crippen LogP contribution in [-0.2, 0) is 16.6 Å². The number of carbonyl (C=O) groups is 1. The van der Waals surface area contributed by atoms with Crippen LogP contribution in [0.15, 0.2) is 18.3 Å². The predicted molar refractivity (Wildman–Crippen MR) is 56.2 cm³/mol. The number of aryl methyl sites for hydroxylation is 1. The molecule has 0 spiro atoms. The monoisotopic (exact) mass is 218 g/mol. The first kappa shape index (κ1) is 13.0. The number of hydrogen-bond acceptors (Lipinski definition) is 3. The maximum atomic E-state index is 10.9. The van der Waals surface area contributed by atoms with Crippen LogP contribution >= 0.6 is 12.4 Å². The lowest BCUT2D eigenvalue weighted by molar-refractivity contribution is -0.141. The van der Waals surface area contributed by atoms with Crippen LogP contribution in [0, 0.1) is 0 Å². The third-order valence-corrected chi connectivity index (χ3v) is 1.98. The number of hydrogen-bond donors (Lipinski definition) is 1. The van der Waals surface area contributed by atoms with Crippen molar-refractivity contribution in [1.29, 1.82) is 0 Å². The number of rotatable bonds is 3. The Balaban J connectivity index is 0.00000169. The van der Waals surface area contributed by atoms with E-state index in [1.54, 1.807) is 0 Å². The molecule has 4 nitrogen and oxygen atoms in total. The summed E-state index contributed by atoms with van der Waals surface area (Å²) in [5.74, 6) is -0.284. The molecule has 2 N–H and O–H groups in total. The summed E-state index contributed by atoms with van der Waals surface area (Å²) in [4.78, 5) is 10.9. The molecule has 1 atom stereocenters. The minimum Gasteiger partial charge on any atom is -0.469 e. The Hall–Kier alpha value is -1.00. The summed E-state index contributed by atoms with van der Waals surface area (Å²) in [5, 5.41) is 0. The summed E-state index contributed by atoms with van der Waals surface area (Å²) in [7, 11) is 3.26. The van der Waals surface area contributed by atoms with Crippen molar-refractivity contribution in [2.45, 2.75) is 12.5 Å². The van der Waals surface area contributed by atoms with Crippen molar-refractivity contribution in [3.8, 4) is 0 Å². The van der Waals surface area contributed by atoms with E-state index in [0.29, 0.717) is 0 Å². The topological polar surface area (TPSA) is 57.2 Å². The quantitative estimate of drug-likeness (QED) is 0.771. The first-order valence-corrected chi connectivity index (χ1v) is 4.08. The fourth-order valence-corrected chi connectivity index (χ4v) is 1.23. The molecule has 0 fully saturated rings. The largest absolute Gasteiger partial charge is 0.469 e. The summed E-state index contributed by atoms with van der Waals surface area (Å²) in [6.07, 6.45) is 2.11. The molecule has 0 aliphatic heterocycles.